The SMILES string of the molecule is CC(N1CCCCC1)S(N)(=O)=O. The van der Waals surface area contributed by atoms with E-state index in [1.165, 1.54) is 6.42 Å². The summed E-state index contributed by atoms with van der Waals surface area (Å²) >= 11 is 0. The molecule has 0 radical (unpaired) electrons. The van der Waals surface area contributed by atoms with Crippen LogP contribution in [-0.4, -0.2) is 31.8 Å². The summed E-state index contributed by atoms with van der Waals surface area (Å²) in [6.45, 7) is 3.37. The van der Waals surface area contributed by atoms with Gasteiger partial charge in [0, 0.05) is 0 Å². The van der Waals surface area contributed by atoms with Crippen molar-refractivity contribution in [2.45, 2.75) is 31.6 Å². The summed E-state index contributed by atoms with van der Waals surface area (Å²) in [6, 6.07) is 0. The van der Waals surface area contributed by atoms with Gasteiger partial charge in [-0.15, -0.1) is 0 Å². The van der Waals surface area contributed by atoms with Gasteiger partial charge in [-0.05, 0) is 32.9 Å². The van der Waals surface area contributed by atoms with E-state index in [1.807, 2.05) is 4.90 Å². The highest BCUT2D eigenvalue weighted by atomic mass is 32.2. The van der Waals surface area contributed by atoms with E-state index in [4.69, 9.17) is 5.14 Å². The van der Waals surface area contributed by atoms with Gasteiger partial charge in [-0.3, -0.25) is 4.90 Å². The van der Waals surface area contributed by atoms with Crippen LogP contribution in [0.4, 0.5) is 0 Å². The molecule has 5 heteroatoms. The molecular weight excluding hydrogens is 176 g/mol. The predicted molar refractivity (Wildman–Crippen MR) is 48.0 cm³/mol. The zero-order valence-electron chi connectivity index (χ0n) is 7.36. The molecule has 2 N–H and O–H groups in total. The summed E-state index contributed by atoms with van der Waals surface area (Å²) in [6.07, 6.45) is 3.37. The highest BCUT2D eigenvalue weighted by Gasteiger charge is 2.24. The highest BCUT2D eigenvalue weighted by molar-refractivity contribution is 7.89. The Morgan fingerprint density at radius 1 is 1.25 bits per heavy atom. The summed E-state index contributed by atoms with van der Waals surface area (Å²) < 4.78 is 21.9. The van der Waals surface area contributed by atoms with Crippen LogP contribution in [-0.2, 0) is 10.0 Å². The smallest absolute Gasteiger partial charge is 0.225 e. The van der Waals surface area contributed by atoms with Gasteiger partial charge in [-0.1, -0.05) is 6.42 Å². The fourth-order valence-electron chi connectivity index (χ4n) is 1.49. The number of nitrogens with zero attached hydrogens (tertiary/aromatic N) is 1. The molecule has 0 aromatic heterocycles. The Bertz CT molecular complexity index is 232. The Morgan fingerprint density at radius 2 is 1.75 bits per heavy atom. The zero-order chi connectivity index (χ0) is 9.19. The minimum Gasteiger partial charge on any atom is -0.286 e. The number of likely N-dealkylation sites (tertiary alicyclic amines) is 1. The third-order valence-electron chi connectivity index (χ3n) is 2.38. The number of rotatable bonds is 2. The third kappa shape index (κ3) is 2.43. The molecule has 1 unspecified atom stereocenters. The molecule has 1 fully saturated rings. The second-order valence-electron chi connectivity index (χ2n) is 3.28. The molecule has 1 atom stereocenters. The molecule has 1 heterocycles. The van der Waals surface area contributed by atoms with Gasteiger partial charge in [0.05, 0.1) is 0 Å². The molecule has 0 saturated carbocycles. The Balaban J connectivity index is 2.57. The van der Waals surface area contributed by atoms with Crippen LogP contribution in [0.3, 0.4) is 0 Å². The summed E-state index contributed by atoms with van der Waals surface area (Å²) in [5.41, 5.74) is 0. The molecule has 12 heavy (non-hydrogen) atoms. The molecule has 1 aliphatic heterocycles. The van der Waals surface area contributed by atoms with E-state index in [2.05, 4.69) is 0 Å². The van der Waals surface area contributed by atoms with E-state index in [0.29, 0.717) is 0 Å². The fourth-order valence-corrected chi connectivity index (χ4v) is 2.12. The quantitative estimate of drug-likeness (QED) is 0.675. The lowest BCUT2D eigenvalue weighted by Crippen LogP contribution is -2.44. The van der Waals surface area contributed by atoms with Gasteiger partial charge in [0.2, 0.25) is 10.0 Å². The van der Waals surface area contributed by atoms with Crippen LogP contribution in [0, 0.1) is 0 Å². The molecule has 1 saturated heterocycles. The van der Waals surface area contributed by atoms with Crippen LogP contribution in [0.25, 0.3) is 0 Å². The number of hydrogen-bond donors (Lipinski definition) is 1. The molecule has 1 aliphatic rings. The van der Waals surface area contributed by atoms with Crippen molar-refractivity contribution in [2.75, 3.05) is 13.1 Å². The van der Waals surface area contributed by atoms with Crippen LogP contribution in [0.15, 0.2) is 0 Å². The second-order valence-corrected chi connectivity index (χ2v) is 5.15. The molecule has 0 aromatic carbocycles. The van der Waals surface area contributed by atoms with Crippen molar-refractivity contribution in [1.29, 1.82) is 0 Å². The van der Waals surface area contributed by atoms with Crippen molar-refractivity contribution in [3.63, 3.8) is 0 Å². The zero-order valence-corrected chi connectivity index (χ0v) is 8.18. The van der Waals surface area contributed by atoms with Crippen molar-refractivity contribution >= 4 is 10.0 Å². The maximum Gasteiger partial charge on any atom is 0.225 e. The average Bonchev–Trinajstić information content (AvgIpc) is 2.03. The minimum absolute atomic E-state index is 0.516. The minimum atomic E-state index is -3.38. The lowest BCUT2D eigenvalue weighted by molar-refractivity contribution is 0.215. The molecule has 0 spiro atoms. The van der Waals surface area contributed by atoms with E-state index >= 15 is 0 Å². The van der Waals surface area contributed by atoms with Crippen LogP contribution < -0.4 is 5.14 Å². The number of hydrogen-bond acceptors (Lipinski definition) is 3. The summed E-state index contributed by atoms with van der Waals surface area (Å²) in [5, 5.41) is 4.52. The standard InChI is InChI=1S/C7H16N2O2S/c1-7(12(8,10)11)9-5-3-2-4-6-9/h7H,2-6H2,1H3,(H2,8,10,11). The van der Waals surface area contributed by atoms with Crippen LogP contribution in [0.5, 0.6) is 0 Å². The van der Waals surface area contributed by atoms with Crippen LogP contribution in [0.2, 0.25) is 0 Å². The first kappa shape index (κ1) is 9.95. The maximum absolute atomic E-state index is 11.0. The maximum atomic E-state index is 11.0. The third-order valence-corrected chi connectivity index (χ3v) is 3.63. The van der Waals surface area contributed by atoms with Gasteiger partial charge in [0.1, 0.15) is 5.37 Å². The molecule has 1 rings (SSSR count). The van der Waals surface area contributed by atoms with E-state index in [-0.39, 0.29) is 0 Å². The van der Waals surface area contributed by atoms with Gasteiger partial charge >= 0.3 is 0 Å². The topological polar surface area (TPSA) is 63.4 Å². The van der Waals surface area contributed by atoms with Crippen molar-refractivity contribution in [3.05, 3.63) is 0 Å². The predicted octanol–water partition coefficient (Wildman–Crippen LogP) is 0.107. The second kappa shape index (κ2) is 3.72. The largest absolute Gasteiger partial charge is 0.286 e. The van der Waals surface area contributed by atoms with Crippen molar-refractivity contribution < 1.29 is 8.42 Å². The normalized spacial score (nSPS) is 23.8. The van der Waals surface area contributed by atoms with Gasteiger partial charge in [0.15, 0.2) is 0 Å². The first-order valence-corrected chi connectivity index (χ1v) is 5.88. The van der Waals surface area contributed by atoms with Gasteiger partial charge in [-0.2, -0.15) is 0 Å². The lowest BCUT2D eigenvalue weighted by atomic mass is 10.1. The Morgan fingerprint density at radius 3 is 2.17 bits per heavy atom. The average molecular weight is 192 g/mol. The summed E-state index contributed by atoms with van der Waals surface area (Å²) in [4.78, 5) is 1.93. The Kier molecular flexibility index (Phi) is 3.09. The van der Waals surface area contributed by atoms with E-state index in [1.54, 1.807) is 6.92 Å². The summed E-state index contributed by atoms with van der Waals surface area (Å²) in [7, 11) is -3.38. The van der Waals surface area contributed by atoms with Gasteiger partial charge in [0.25, 0.3) is 0 Å². The van der Waals surface area contributed by atoms with E-state index in [0.717, 1.165) is 25.9 Å². The first-order chi connectivity index (χ1) is 5.52. The molecule has 72 valence electrons. The lowest BCUT2D eigenvalue weighted by Gasteiger charge is -2.30. The number of sulfonamides is 1. The Hall–Kier alpha value is -0.130. The van der Waals surface area contributed by atoms with Crippen LogP contribution >= 0.6 is 0 Å². The fraction of sp³-hybridized carbons (Fsp3) is 1.00. The molecular formula is C7H16N2O2S. The first-order valence-electron chi connectivity index (χ1n) is 4.27. The van der Waals surface area contributed by atoms with Crippen LogP contribution in [0.1, 0.15) is 26.2 Å². The van der Waals surface area contributed by atoms with E-state index in [9.17, 15) is 8.42 Å². The number of piperidine rings is 1. The van der Waals surface area contributed by atoms with Gasteiger partial charge in [-0.25, -0.2) is 13.6 Å². The monoisotopic (exact) mass is 192 g/mol. The number of primary sulfonamides is 1. The molecule has 0 amide bonds. The van der Waals surface area contributed by atoms with Crippen molar-refractivity contribution in [3.8, 4) is 0 Å². The Labute approximate surface area is 73.8 Å². The van der Waals surface area contributed by atoms with Gasteiger partial charge < -0.3 is 0 Å². The number of nitrogens with two attached hydrogens (primary N) is 1. The van der Waals surface area contributed by atoms with E-state index < -0.39 is 15.4 Å². The highest BCUT2D eigenvalue weighted by Crippen LogP contribution is 2.13. The molecule has 0 aromatic rings. The molecule has 0 bridgehead atoms. The molecule has 4 nitrogen and oxygen atoms in total. The van der Waals surface area contributed by atoms with Crippen molar-refractivity contribution in [1.82, 2.24) is 4.90 Å². The summed E-state index contributed by atoms with van der Waals surface area (Å²) in [5.74, 6) is 0. The van der Waals surface area contributed by atoms with Crippen molar-refractivity contribution in [2.24, 2.45) is 5.14 Å². The molecule has 0 aliphatic carbocycles.